The average molecular weight is 231 g/mol. The molecule has 0 amide bonds. The van der Waals surface area contributed by atoms with Crippen LogP contribution in [0.1, 0.15) is 30.4 Å². The SMILES string of the molecule is O[C@H]1CCCN([C@H]2CCc3ccccc3C2)C1. The second-order valence-corrected chi connectivity index (χ2v) is 5.46. The lowest BCUT2D eigenvalue weighted by atomic mass is 9.86. The molecule has 0 saturated carbocycles. The van der Waals surface area contributed by atoms with Crippen LogP contribution in [0.25, 0.3) is 0 Å². The van der Waals surface area contributed by atoms with Gasteiger partial charge in [-0.05, 0) is 49.8 Å². The summed E-state index contributed by atoms with van der Waals surface area (Å²) in [6, 6.07) is 9.47. The van der Waals surface area contributed by atoms with E-state index < -0.39 is 0 Å². The highest BCUT2D eigenvalue weighted by Gasteiger charge is 2.27. The van der Waals surface area contributed by atoms with Crippen LogP contribution in [0.2, 0.25) is 0 Å². The van der Waals surface area contributed by atoms with Crippen molar-refractivity contribution in [3.8, 4) is 0 Å². The van der Waals surface area contributed by atoms with Crippen LogP contribution in [0.15, 0.2) is 24.3 Å². The number of rotatable bonds is 1. The maximum Gasteiger partial charge on any atom is 0.0667 e. The third-order valence-electron chi connectivity index (χ3n) is 4.27. The highest BCUT2D eigenvalue weighted by molar-refractivity contribution is 5.30. The molecule has 1 heterocycles. The van der Waals surface area contributed by atoms with Gasteiger partial charge in [0.15, 0.2) is 0 Å². The van der Waals surface area contributed by atoms with Crippen LogP contribution in [-0.2, 0) is 12.8 Å². The molecule has 1 aromatic carbocycles. The number of fused-ring (bicyclic) bond motifs is 1. The Morgan fingerprint density at radius 1 is 1.12 bits per heavy atom. The maximum atomic E-state index is 9.76. The fourth-order valence-corrected chi connectivity index (χ4v) is 3.31. The van der Waals surface area contributed by atoms with Crippen molar-refractivity contribution in [3.05, 3.63) is 35.4 Å². The molecule has 0 aromatic heterocycles. The molecule has 1 aliphatic carbocycles. The van der Waals surface area contributed by atoms with Crippen LogP contribution < -0.4 is 0 Å². The standard InChI is InChI=1S/C15H21NO/c17-15-6-3-9-16(11-15)14-8-7-12-4-1-2-5-13(12)10-14/h1-2,4-5,14-15,17H,3,6-11H2/t14-,15-/m0/s1. The van der Waals surface area contributed by atoms with E-state index >= 15 is 0 Å². The van der Waals surface area contributed by atoms with Crippen molar-refractivity contribution in [2.75, 3.05) is 13.1 Å². The molecule has 0 radical (unpaired) electrons. The van der Waals surface area contributed by atoms with Gasteiger partial charge in [-0.15, -0.1) is 0 Å². The van der Waals surface area contributed by atoms with Crippen LogP contribution in [0.5, 0.6) is 0 Å². The number of hydrogen-bond donors (Lipinski definition) is 1. The van der Waals surface area contributed by atoms with Gasteiger partial charge >= 0.3 is 0 Å². The Morgan fingerprint density at radius 2 is 1.94 bits per heavy atom. The largest absolute Gasteiger partial charge is 0.392 e. The minimum absolute atomic E-state index is 0.0964. The monoisotopic (exact) mass is 231 g/mol. The number of nitrogens with zero attached hydrogens (tertiary/aromatic N) is 1. The summed E-state index contributed by atoms with van der Waals surface area (Å²) in [4.78, 5) is 2.50. The lowest BCUT2D eigenvalue weighted by molar-refractivity contribution is 0.0426. The first-order chi connectivity index (χ1) is 8.33. The molecule has 0 spiro atoms. The zero-order valence-electron chi connectivity index (χ0n) is 10.3. The number of benzene rings is 1. The minimum atomic E-state index is -0.0964. The van der Waals surface area contributed by atoms with Gasteiger partial charge in [0.2, 0.25) is 0 Å². The fourth-order valence-electron chi connectivity index (χ4n) is 3.31. The van der Waals surface area contributed by atoms with Gasteiger partial charge in [0.25, 0.3) is 0 Å². The third-order valence-corrected chi connectivity index (χ3v) is 4.27. The van der Waals surface area contributed by atoms with E-state index in [1.165, 1.54) is 36.9 Å². The lowest BCUT2D eigenvalue weighted by Crippen LogP contribution is -2.46. The Kier molecular flexibility index (Phi) is 3.17. The molecular formula is C15H21NO. The summed E-state index contributed by atoms with van der Waals surface area (Å²) >= 11 is 0. The highest BCUT2D eigenvalue weighted by atomic mass is 16.3. The van der Waals surface area contributed by atoms with E-state index in [1.807, 2.05) is 0 Å². The molecule has 92 valence electrons. The van der Waals surface area contributed by atoms with Gasteiger partial charge in [-0.2, -0.15) is 0 Å². The van der Waals surface area contributed by atoms with Crippen LogP contribution in [0.3, 0.4) is 0 Å². The van der Waals surface area contributed by atoms with Gasteiger partial charge < -0.3 is 5.11 Å². The van der Waals surface area contributed by atoms with Crippen molar-refractivity contribution in [1.29, 1.82) is 0 Å². The highest BCUT2D eigenvalue weighted by Crippen LogP contribution is 2.26. The topological polar surface area (TPSA) is 23.5 Å². The predicted molar refractivity (Wildman–Crippen MR) is 69.1 cm³/mol. The number of β-amino-alcohol motifs (C(OH)–C–C–N with tert-alkyl or cyclic N) is 1. The van der Waals surface area contributed by atoms with Crippen molar-refractivity contribution >= 4 is 0 Å². The molecule has 2 aliphatic rings. The van der Waals surface area contributed by atoms with E-state index in [0.717, 1.165) is 19.4 Å². The Hall–Kier alpha value is -0.860. The van der Waals surface area contributed by atoms with Crippen molar-refractivity contribution < 1.29 is 5.11 Å². The summed E-state index contributed by atoms with van der Waals surface area (Å²) in [5.41, 5.74) is 3.05. The van der Waals surface area contributed by atoms with Crippen molar-refractivity contribution in [2.45, 2.75) is 44.2 Å². The van der Waals surface area contributed by atoms with E-state index in [9.17, 15) is 5.11 Å². The Labute approximate surface area is 103 Å². The van der Waals surface area contributed by atoms with Crippen LogP contribution in [0.4, 0.5) is 0 Å². The number of hydrogen-bond acceptors (Lipinski definition) is 2. The molecule has 1 saturated heterocycles. The molecular weight excluding hydrogens is 210 g/mol. The Morgan fingerprint density at radius 3 is 2.76 bits per heavy atom. The predicted octanol–water partition coefficient (Wildman–Crippen LogP) is 2.00. The second-order valence-electron chi connectivity index (χ2n) is 5.46. The third kappa shape index (κ3) is 2.38. The summed E-state index contributed by atoms with van der Waals surface area (Å²) in [5.74, 6) is 0. The van der Waals surface area contributed by atoms with Gasteiger partial charge in [0.05, 0.1) is 6.10 Å². The van der Waals surface area contributed by atoms with E-state index in [1.54, 1.807) is 0 Å². The molecule has 1 N–H and O–H groups in total. The quantitative estimate of drug-likeness (QED) is 0.799. The van der Waals surface area contributed by atoms with Crippen LogP contribution in [0, 0.1) is 0 Å². The van der Waals surface area contributed by atoms with Crippen molar-refractivity contribution in [1.82, 2.24) is 4.90 Å². The number of aliphatic hydroxyl groups excluding tert-OH is 1. The molecule has 0 bridgehead atoms. The second kappa shape index (κ2) is 4.79. The molecule has 17 heavy (non-hydrogen) atoms. The molecule has 2 atom stereocenters. The summed E-state index contributed by atoms with van der Waals surface area (Å²) in [7, 11) is 0. The van der Waals surface area contributed by atoms with E-state index in [4.69, 9.17) is 0 Å². The van der Waals surface area contributed by atoms with Crippen LogP contribution in [-0.4, -0.2) is 35.2 Å². The zero-order valence-corrected chi connectivity index (χ0v) is 10.3. The number of likely N-dealkylation sites (tertiary alicyclic amines) is 1. The lowest BCUT2D eigenvalue weighted by Gasteiger charge is -2.39. The van der Waals surface area contributed by atoms with Gasteiger partial charge in [0.1, 0.15) is 0 Å². The summed E-state index contributed by atoms with van der Waals surface area (Å²) in [6.45, 7) is 2.05. The van der Waals surface area contributed by atoms with Crippen molar-refractivity contribution in [2.24, 2.45) is 0 Å². The van der Waals surface area contributed by atoms with Crippen LogP contribution >= 0.6 is 0 Å². The number of aliphatic hydroxyl groups is 1. The minimum Gasteiger partial charge on any atom is -0.392 e. The Balaban J connectivity index is 1.71. The summed E-state index contributed by atoms with van der Waals surface area (Å²) < 4.78 is 0. The smallest absolute Gasteiger partial charge is 0.0667 e. The first kappa shape index (κ1) is 11.2. The number of aryl methyl sites for hydroxylation is 1. The summed E-state index contributed by atoms with van der Waals surface area (Å²) in [5, 5.41) is 9.76. The van der Waals surface area contributed by atoms with Gasteiger partial charge in [0, 0.05) is 12.6 Å². The van der Waals surface area contributed by atoms with Crippen molar-refractivity contribution in [3.63, 3.8) is 0 Å². The molecule has 2 nitrogen and oxygen atoms in total. The molecule has 1 fully saturated rings. The molecule has 2 heteroatoms. The normalized spacial score (nSPS) is 29.9. The molecule has 3 rings (SSSR count). The zero-order chi connectivity index (χ0) is 11.7. The molecule has 1 aliphatic heterocycles. The van der Waals surface area contributed by atoms with E-state index in [0.29, 0.717) is 6.04 Å². The van der Waals surface area contributed by atoms with E-state index in [2.05, 4.69) is 29.2 Å². The maximum absolute atomic E-state index is 9.76. The first-order valence-corrected chi connectivity index (χ1v) is 6.82. The fraction of sp³-hybridized carbons (Fsp3) is 0.600. The molecule has 1 aromatic rings. The Bertz CT molecular complexity index is 390. The number of piperidine rings is 1. The van der Waals surface area contributed by atoms with Gasteiger partial charge in [-0.25, -0.2) is 0 Å². The van der Waals surface area contributed by atoms with Gasteiger partial charge in [-0.1, -0.05) is 24.3 Å². The van der Waals surface area contributed by atoms with E-state index in [-0.39, 0.29) is 6.10 Å². The van der Waals surface area contributed by atoms with Gasteiger partial charge in [-0.3, -0.25) is 4.90 Å². The summed E-state index contributed by atoms with van der Waals surface area (Å²) in [6.07, 6.45) is 5.67. The first-order valence-electron chi connectivity index (χ1n) is 6.82. The molecule has 0 unspecified atom stereocenters. The average Bonchev–Trinajstić information content (AvgIpc) is 2.38.